The Balaban J connectivity index is 1.32. The molecule has 1 aromatic heterocycles. The Morgan fingerprint density at radius 1 is 1.50 bits per heavy atom. The molecule has 1 aliphatic carbocycles. The third kappa shape index (κ3) is 3.64. The average Bonchev–Trinajstić information content (AvgIpc) is 3.19. The molecule has 2 atom stereocenters. The van der Waals surface area contributed by atoms with E-state index in [0.717, 1.165) is 39.2 Å². The van der Waals surface area contributed by atoms with Gasteiger partial charge in [0, 0.05) is 43.9 Å². The van der Waals surface area contributed by atoms with E-state index in [2.05, 4.69) is 21.5 Å². The minimum absolute atomic E-state index is 0.100. The van der Waals surface area contributed by atoms with Crippen LogP contribution in [0.2, 0.25) is 0 Å². The largest absolute Gasteiger partial charge is 0.368 e. The molecule has 3 aliphatic rings. The van der Waals surface area contributed by atoms with Crippen molar-refractivity contribution in [3.8, 4) is 0 Å². The number of ether oxygens (including phenoxy) is 1. The van der Waals surface area contributed by atoms with Gasteiger partial charge in [0.15, 0.2) is 0 Å². The van der Waals surface area contributed by atoms with Crippen molar-refractivity contribution >= 4 is 5.91 Å². The first-order chi connectivity index (χ1) is 11.6. The second kappa shape index (κ2) is 6.48. The van der Waals surface area contributed by atoms with Crippen molar-refractivity contribution in [2.24, 2.45) is 18.4 Å². The maximum atomic E-state index is 12.3. The average molecular weight is 332 g/mol. The summed E-state index contributed by atoms with van der Waals surface area (Å²) in [5, 5.41) is 7.33. The number of carbonyl (C=O) groups excluding carboxylic acids is 1. The highest BCUT2D eigenvalue weighted by Crippen LogP contribution is 2.41. The number of nitrogens with one attached hydrogen (secondary N) is 1. The van der Waals surface area contributed by atoms with Crippen LogP contribution in [0.3, 0.4) is 0 Å². The highest BCUT2D eigenvalue weighted by Gasteiger charge is 2.45. The minimum Gasteiger partial charge on any atom is -0.368 e. The number of hydrogen-bond acceptors (Lipinski definition) is 4. The van der Waals surface area contributed by atoms with Crippen LogP contribution in [0.25, 0.3) is 0 Å². The molecule has 1 aromatic rings. The van der Waals surface area contributed by atoms with E-state index in [4.69, 9.17) is 4.74 Å². The standard InChI is InChI=1S/C18H28N4O2/c1-21-10-15(9-20-21)11-22-6-2-5-18(12-22)7-16(24-13-18)17(23)19-8-14-3-4-14/h9-10,14,16H,2-8,11-13H2,1H3,(H,19,23)/t16-,18+/m0/s1. The van der Waals surface area contributed by atoms with Gasteiger partial charge in [-0.2, -0.15) is 5.10 Å². The number of carbonyl (C=O) groups is 1. The van der Waals surface area contributed by atoms with Crippen molar-refractivity contribution in [3.63, 3.8) is 0 Å². The molecule has 6 heteroatoms. The van der Waals surface area contributed by atoms with Gasteiger partial charge in [0.2, 0.25) is 5.91 Å². The lowest BCUT2D eigenvalue weighted by Gasteiger charge is -2.39. The summed E-state index contributed by atoms with van der Waals surface area (Å²) in [5.74, 6) is 0.817. The van der Waals surface area contributed by atoms with Crippen LogP contribution in [-0.4, -0.2) is 52.9 Å². The lowest BCUT2D eigenvalue weighted by molar-refractivity contribution is -0.130. The van der Waals surface area contributed by atoms with E-state index in [1.54, 1.807) is 0 Å². The molecule has 1 saturated carbocycles. The number of aryl methyl sites for hydroxylation is 1. The normalized spacial score (nSPS) is 30.8. The Labute approximate surface area is 143 Å². The van der Waals surface area contributed by atoms with Crippen LogP contribution in [0.4, 0.5) is 0 Å². The van der Waals surface area contributed by atoms with Crippen molar-refractivity contribution in [2.75, 3.05) is 26.2 Å². The predicted octanol–water partition coefficient (Wildman–Crippen LogP) is 1.32. The molecule has 0 unspecified atom stereocenters. The number of hydrogen-bond donors (Lipinski definition) is 1. The van der Waals surface area contributed by atoms with Crippen molar-refractivity contribution in [3.05, 3.63) is 18.0 Å². The first-order valence-electron chi connectivity index (χ1n) is 9.21. The van der Waals surface area contributed by atoms with Gasteiger partial charge in [-0.15, -0.1) is 0 Å². The number of piperidine rings is 1. The van der Waals surface area contributed by atoms with Crippen LogP contribution in [0.15, 0.2) is 12.4 Å². The lowest BCUT2D eigenvalue weighted by atomic mass is 9.78. The van der Waals surface area contributed by atoms with Crippen molar-refractivity contribution < 1.29 is 9.53 Å². The Morgan fingerprint density at radius 2 is 2.38 bits per heavy atom. The minimum atomic E-state index is -0.248. The zero-order chi connectivity index (χ0) is 16.6. The molecular formula is C18H28N4O2. The summed E-state index contributed by atoms with van der Waals surface area (Å²) in [5.41, 5.74) is 1.41. The first-order valence-corrected chi connectivity index (χ1v) is 9.21. The maximum absolute atomic E-state index is 12.3. The quantitative estimate of drug-likeness (QED) is 0.883. The van der Waals surface area contributed by atoms with E-state index in [1.807, 2.05) is 17.9 Å². The summed E-state index contributed by atoms with van der Waals surface area (Å²) in [7, 11) is 1.96. The van der Waals surface area contributed by atoms with Gasteiger partial charge in [0.1, 0.15) is 6.10 Å². The van der Waals surface area contributed by atoms with Gasteiger partial charge in [-0.05, 0) is 44.6 Å². The highest BCUT2D eigenvalue weighted by molar-refractivity contribution is 5.81. The van der Waals surface area contributed by atoms with Crippen LogP contribution in [0.5, 0.6) is 0 Å². The summed E-state index contributed by atoms with van der Waals surface area (Å²) in [6.07, 6.45) is 9.52. The lowest BCUT2D eigenvalue weighted by Crippen LogP contribution is -2.44. The SMILES string of the molecule is Cn1cc(CN2CCC[C@]3(CO[C@H](C(=O)NCC4CC4)C3)C2)cn1. The molecule has 1 spiro atoms. The molecule has 1 amide bonds. The van der Waals surface area contributed by atoms with Gasteiger partial charge >= 0.3 is 0 Å². The first kappa shape index (κ1) is 16.1. The Morgan fingerprint density at radius 3 is 3.12 bits per heavy atom. The second-order valence-electron chi connectivity index (χ2n) is 8.03. The summed E-state index contributed by atoms with van der Waals surface area (Å²) in [4.78, 5) is 14.8. The van der Waals surface area contributed by atoms with E-state index >= 15 is 0 Å². The molecule has 0 radical (unpaired) electrons. The van der Waals surface area contributed by atoms with Crippen molar-refractivity contribution in [2.45, 2.75) is 44.8 Å². The molecule has 0 bridgehead atoms. The topological polar surface area (TPSA) is 59.4 Å². The highest BCUT2D eigenvalue weighted by atomic mass is 16.5. The van der Waals surface area contributed by atoms with Gasteiger partial charge in [0.05, 0.1) is 12.8 Å². The van der Waals surface area contributed by atoms with Crippen LogP contribution in [0, 0.1) is 11.3 Å². The van der Waals surface area contributed by atoms with Crippen LogP contribution in [0.1, 0.15) is 37.7 Å². The molecule has 132 valence electrons. The molecule has 0 aromatic carbocycles. The summed E-state index contributed by atoms with van der Waals surface area (Å²) in [6.45, 7) is 4.63. The summed E-state index contributed by atoms with van der Waals surface area (Å²) in [6, 6.07) is 0. The number of likely N-dealkylation sites (tertiary alicyclic amines) is 1. The van der Waals surface area contributed by atoms with E-state index in [-0.39, 0.29) is 17.4 Å². The molecule has 1 N–H and O–H groups in total. The number of amides is 1. The molecule has 4 rings (SSSR count). The molecule has 3 heterocycles. The van der Waals surface area contributed by atoms with E-state index in [0.29, 0.717) is 5.92 Å². The van der Waals surface area contributed by atoms with Gasteiger partial charge in [-0.25, -0.2) is 0 Å². The zero-order valence-corrected chi connectivity index (χ0v) is 14.5. The van der Waals surface area contributed by atoms with E-state index in [9.17, 15) is 4.79 Å². The monoisotopic (exact) mass is 332 g/mol. The Bertz CT molecular complexity index is 598. The van der Waals surface area contributed by atoms with Crippen LogP contribution >= 0.6 is 0 Å². The van der Waals surface area contributed by atoms with E-state index in [1.165, 1.54) is 31.2 Å². The van der Waals surface area contributed by atoms with Crippen molar-refractivity contribution in [1.29, 1.82) is 0 Å². The van der Waals surface area contributed by atoms with E-state index < -0.39 is 0 Å². The molecule has 6 nitrogen and oxygen atoms in total. The summed E-state index contributed by atoms with van der Waals surface area (Å²) >= 11 is 0. The Kier molecular flexibility index (Phi) is 4.35. The number of aromatic nitrogens is 2. The van der Waals surface area contributed by atoms with Gasteiger partial charge in [0.25, 0.3) is 0 Å². The molecular weight excluding hydrogens is 304 g/mol. The second-order valence-corrected chi connectivity index (χ2v) is 8.03. The third-order valence-corrected chi connectivity index (χ3v) is 5.67. The zero-order valence-electron chi connectivity index (χ0n) is 14.5. The number of rotatable bonds is 5. The Hall–Kier alpha value is -1.40. The van der Waals surface area contributed by atoms with Crippen LogP contribution in [-0.2, 0) is 23.1 Å². The fourth-order valence-corrected chi connectivity index (χ4v) is 4.18. The molecule has 3 fully saturated rings. The fourth-order valence-electron chi connectivity index (χ4n) is 4.18. The predicted molar refractivity (Wildman–Crippen MR) is 90.2 cm³/mol. The molecule has 2 saturated heterocycles. The maximum Gasteiger partial charge on any atom is 0.249 e. The smallest absolute Gasteiger partial charge is 0.249 e. The van der Waals surface area contributed by atoms with Gasteiger partial charge < -0.3 is 10.1 Å². The third-order valence-electron chi connectivity index (χ3n) is 5.67. The fraction of sp³-hybridized carbons (Fsp3) is 0.778. The summed E-state index contributed by atoms with van der Waals surface area (Å²) < 4.78 is 7.76. The van der Waals surface area contributed by atoms with Gasteiger partial charge in [-0.3, -0.25) is 14.4 Å². The number of nitrogens with zero attached hydrogens (tertiary/aromatic N) is 3. The van der Waals surface area contributed by atoms with Crippen molar-refractivity contribution in [1.82, 2.24) is 20.0 Å². The van der Waals surface area contributed by atoms with Crippen LogP contribution < -0.4 is 5.32 Å². The molecule has 24 heavy (non-hydrogen) atoms. The molecule has 2 aliphatic heterocycles. The van der Waals surface area contributed by atoms with Gasteiger partial charge in [-0.1, -0.05) is 0 Å².